The fourth-order valence-corrected chi connectivity index (χ4v) is 1.15. The Hall–Kier alpha value is -0.790. The molecule has 0 spiro atoms. The Morgan fingerprint density at radius 1 is 1.33 bits per heavy atom. The van der Waals surface area contributed by atoms with Gasteiger partial charge < -0.3 is 0 Å². The molecule has 0 unspecified atom stereocenters. The molecule has 68 valence electrons. The Labute approximate surface area is 74.6 Å². The molecule has 0 aliphatic carbocycles. The normalized spacial score (nSPS) is 11.5. The van der Waals surface area contributed by atoms with Gasteiger partial charge in [0.25, 0.3) is 0 Å². The third kappa shape index (κ3) is 2.36. The predicted octanol–water partition coefficient (Wildman–Crippen LogP) is 2.66. The molecular formula is C10H18N2. The summed E-state index contributed by atoms with van der Waals surface area (Å²) in [6.45, 7) is 9.81. The molecule has 0 fully saturated rings. The molecule has 0 N–H and O–H groups in total. The summed E-state index contributed by atoms with van der Waals surface area (Å²) in [7, 11) is 0. The van der Waals surface area contributed by atoms with Crippen LogP contribution in [-0.4, -0.2) is 9.78 Å². The minimum Gasteiger partial charge on any atom is -0.272 e. The summed E-state index contributed by atoms with van der Waals surface area (Å²) < 4.78 is 2.03. The SMILES string of the molecule is CC(C)Cn1cc(C(C)C)cn1. The second-order valence-corrected chi connectivity index (χ2v) is 4.04. The Kier molecular flexibility index (Phi) is 2.90. The summed E-state index contributed by atoms with van der Waals surface area (Å²) in [6, 6.07) is 0. The lowest BCUT2D eigenvalue weighted by Crippen LogP contribution is -2.04. The molecule has 2 nitrogen and oxygen atoms in total. The molecule has 0 radical (unpaired) electrons. The molecular weight excluding hydrogens is 148 g/mol. The van der Waals surface area contributed by atoms with Gasteiger partial charge in [0, 0.05) is 12.7 Å². The predicted molar refractivity (Wildman–Crippen MR) is 51.2 cm³/mol. The van der Waals surface area contributed by atoms with E-state index in [1.165, 1.54) is 5.56 Å². The van der Waals surface area contributed by atoms with E-state index in [-0.39, 0.29) is 0 Å². The first kappa shape index (κ1) is 9.30. The lowest BCUT2D eigenvalue weighted by atomic mass is 10.1. The van der Waals surface area contributed by atoms with Gasteiger partial charge in [0.2, 0.25) is 0 Å². The zero-order chi connectivity index (χ0) is 9.14. The van der Waals surface area contributed by atoms with Crippen LogP contribution in [0.5, 0.6) is 0 Å². The molecule has 0 saturated carbocycles. The van der Waals surface area contributed by atoms with Crippen LogP contribution in [0.1, 0.15) is 39.2 Å². The van der Waals surface area contributed by atoms with Crippen molar-refractivity contribution in [3.8, 4) is 0 Å². The van der Waals surface area contributed by atoms with Gasteiger partial charge >= 0.3 is 0 Å². The van der Waals surface area contributed by atoms with Crippen LogP contribution in [0, 0.1) is 5.92 Å². The van der Waals surface area contributed by atoms with Crippen LogP contribution in [0.3, 0.4) is 0 Å². The molecule has 0 aliphatic heterocycles. The van der Waals surface area contributed by atoms with Crippen molar-refractivity contribution in [2.75, 3.05) is 0 Å². The van der Waals surface area contributed by atoms with Crippen LogP contribution in [0.25, 0.3) is 0 Å². The van der Waals surface area contributed by atoms with Gasteiger partial charge in [-0.1, -0.05) is 27.7 Å². The molecule has 0 aliphatic rings. The molecule has 2 heteroatoms. The zero-order valence-corrected chi connectivity index (χ0v) is 8.41. The van der Waals surface area contributed by atoms with Crippen molar-refractivity contribution in [3.63, 3.8) is 0 Å². The van der Waals surface area contributed by atoms with Crippen LogP contribution in [0.4, 0.5) is 0 Å². The Bertz CT molecular complexity index is 236. The maximum atomic E-state index is 4.29. The van der Waals surface area contributed by atoms with Gasteiger partial charge in [-0.2, -0.15) is 5.10 Å². The quantitative estimate of drug-likeness (QED) is 0.675. The number of hydrogen-bond acceptors (Lipinski definition) is 1. The Morgan fingerprint density at radius 2 is 2.00 bits per heavy atom. The number of aromatic nitrogens is 2. The molecule has 1 aromatic heterocycles. The highest BCUT2D eigenvalue weighted by molar-refractivity contribution is 5.08. The maximum Gasteiger partial charge on any atom is 0.0524 e. The summed E-state index contributed by atoms with van der Waals surface area (Å²) in [6.07, 6.45) is 4.11. The molecule has 0 aromatic carbocycles. The highest BCUT2D eigenvalue weighted by Crippen LogP contribution is 2.12. The van der Waals surface area contributed by atoms with E-state index < -0.39 is 0 Å². The number of rotatable bonds is 3. The van der Waals surface area contributed by atoms with E-state index in [4.69, 9.17) is 0 Å². The molecule has 1 heterocycles. The largest absolute Gasteiger partial charge is 0.272 e. The number of hydrogen-bond donors (Lipinski definition) is 0. The smallest absolute Gasteiger partial charge is 0.0524 e. The van der Waals surface area contributed by atoms with Gasteiger partial charge in [0.1, 0.15) is 0 Å². The van der Waals surface area contributed by atoms with Crippen molar-refractivity contribution >= 4 is 0 Å². The van der Waals surface area contributed by atoms with Crippen LogP contribution >= 0.6 is 0 Å². The summed E-state index contributed by atoms with van der Waals surface area (Å²) in [5.41, 5.74) is 1.33. The maximum absolute atomic E-state index is 4.29. The van der Waals surface area contributed by atoms with Gasteiger partial charge in [-0.15, -0.1) is 0 Å². The van der Waals surface area contributed by atoms with Crippen molar-refractivity contribution in [2.45, 2.75) is 40.2 Å². The Balaban J connectivity index is 2.64. The first-order chi connectivity index (χ1) is 5.59. The summed E-state index contributed by atoms with van der Waals surface area (Å²) in [5.74, 6) is 1.26. The van der Waals surface area contributed by atoms with Crippen molar-refractivity contribution < 1.29 is 0 Å². The van der Waals surface area contributed by atoms with Crippen molar-refractivity contribution in [1.82, 2.24) is 9.78 Å². The summed E-state index contributed by atoms with van der Waals surface area (Å²) in [5, 5.41) is 4.29. The fraction of sp³-hybridized carbons (Fsp3) is 0.700. The first-order valence-electron chi connectivity index (χ1n) is 4.62. The molecule has 0 amide bonds. The van der Waals surface area contributed by atoms with Gasteiger partial charge in [0.05, 0.1) is 6.20 Å². The minimum atomic E-state index is 0.589. The van der Waals surface area contributed by atoms with Gasteiger partial charge in [-0.05, 0) is 17.4 Å². The average Bonchev–Trinajstić information content (AvgIpc) is 2.34. The highest BCUT2D eigenvalue weighted by atomic mass is 15.3. The van der Waals surface area contributed by atoms with E-state index in [2.05, 4.69) is 39.0 Å². The monoisotopic (exact) mass is 166 g/mol. The molecule has 0 bridgehead atoms. The van der Waals surface area contributed by atoms with Crippen molar-refractivity contribution in [3.05, 3.63) is 18.0 Å². The van der Waals surface area contributed by atoms with Crippen LogP contribution in [0.15, 0.2) is 12.4 Å². The molecule has 12 heavy (non-hydrogen) atoms. The second kappa shape index (κ2) is 3.74. The highest BCUT2D eigenvalue weighted by Gasteiger charge is 2.03. The van der Waals surface area contributed by atoms with E-state index in [1.807, 2.05) is 10.9 Å². The zero-order valence-electron chi connectivity index (χ0n) is 8.41. The fourth-order valence-electron chi connectivity index (χ4n) is 1.15. The van der Waals surface area contributed by atoms with E-state index in [0.717, 1.165) is 6.54 Å². The minimum absolute atomic E-state index is 0.589. The van der Waals surface area contributed by atoms with Gasteiger partial charge in [0.15, 0.2) is 0 Å². The van der Waals surface area contributed by atoms with Crippen molar-refractivity contribution in [2.24, 2.45) is 5.92 Å². The number of nitrogens with zero attached hydrogens (tertiary/aromatic N) is 2. The average molecular weight is 166 g/mol. The van der Waals surface area contributed by atoms with E-state index in [1.54, 1.807) is 0 Å². The van der Waals surface area contributed by atoms with E-state index in [0.29, 0.717) is 11.8 Å². The van der Waals surface area contributed by atoms with Crippen LogP contribution < -0.4 is 0 Å². The molecule has 1 aromatic rings. The van der Waals surface area contributed by atoms with Gasteiger partial charge in [-0.25, -0.2) is 0 Å². The second-order valence-electron chi connectivity index (χ2n) is 4.04. The molecule has 0 atom stereocenters. The van der Waals surface area contributed by atoms with E-state index in [9.17, 15) is 0 Å². The molecule has 1 rings (SSSR count). The summed E-state index contributed by atoms with van der Waals surface area (Å²) in [4.78, 5) is 0. The van der Waals surface area contributed by atoms with Crippen LogP contribution in [0.2, 0.25) is 0 Å². The third-order valence-electron chi connectivity index (χ3n) is 1.87. The Morgan fingerprint density at radius 3 is 2.42 bits per heavy atom. The van der Waals surface area contributed by atoms with E-state index >= 15 is 0 Å². The third-order valence-corrected chi connectivity index (χ3v) is 1.87. The van der Waals surface area contributed by atoms with Gasteiger partial charge in [-0.3, -0.25) is 4.68 Å². The van der Waals surface area contributed by atoms with Crippen LogP contribution in [-0.2, 0) is 6.54 Å². The molecule has 0 saturated heterocycles. The van der Waals surface area contributed by atoms with Crippen molar-refractivity contribution in [1.29, 1.82) is 0 Å². The standard InChI is InChI=1S/C10H18N2/c1-8(2)6-12-7-10(5-11-12)9(3)4/h5,7-9H,6H2,1-4H3. The lowest BCUT2D eigenvalue weighted by Gasteiger charge is -2.03. The first-order valence-corrected chi connectivity index (χ1v) is 4.62. The summed E-state index contributed by atoms with van der Waals surface area (Å²) >= 11 is 0. The topological polar surface area (TPSA) is 17.8 Å². The lowest BCUT2D eigenvalue weighted by molar-refractivity contribution is 0.482.